The minimum Gasteiger partial charge on any atom is -0.486 e. The molecule has 3 aromatic rings. The van der Waals surface area contributed by atoms with E-state index < -0.39 is 0 Å². The number of hydrogen-bond acceptors (Lipinski definition) is 4. The van der Waals surface area contributed by atoms with Crippen molar-refractivity contribution in [3.05, 3.63) is 96.0 Å². The summed E-state index contributed by atoms with van der Waals surface area (Å²) in [6.07, 6.45) is 1.68. The summed E-state index contributed by atoms with van der Waals surface area (Å²) in [5.41, 5.74) is 3.90. The van der Waals surface area contributed by atoms with Crippen molar-refractivity contribution in [3.8, 4) is 5.75 Å². The highest BCUT2D eigenvalue weighted by Crippen LogP contribution is 2.37. The van der Waals surface area contributed by atoms with Crippen LogP contribution in [0.1, 0.15) is 22.3 Å². The Labute approximate surface area is 219 Å². The maximum atomic E-state index is 13.8. The number of halogens is 4. The van der Waals surface area contributed by atoms with E-state index in [1.165, 1.54) is 17.8 Å². The van der Waals surface area contributed by atoms with E-state index in [0.29, 0.717) is 21.2 Å². The molecule has 3 aromatic carbocycles. The van der Waals surface area contributed by atoms with Crippen LogP contribution >= 0.6 is 50.9 Å². The number of nitrogens with one attached hydrogen (secondary N) is 1. The smallest absolute Gasteiger partial charge is 0.264 e. The molecule has 34 heavy (non-hydrogen) atoms. The number of rotatable bonds is 5. The van der Waals surface area contributed by atoms with E-state index in [1.807, 2.05) is 26.0 Å². The molecule has 1 heterocycles. The monoisotopic (exact) mass is 578 g/mol. The number of ether oxygens (including phenoxy) is 1. The third-order valence-corrected chi connectivity index (χ3v) is 7.67. The van der Waals surface area contributed by atoms with Gasteiger partial charge >= 0.3 is 0 Å². The van der Waals surface area contributed by atoms with Crippen molar-refractivity contribution in [1.29, 1.82) is 0 Å². The Hall–Kier alpha value is -2.32. The lowest BCUT2D eigenvalue weighted by Crippen LogP contribution is -2.19. The first-order valence-electron chi connectivity index (χ1n) is 10.1. The van der Waals surface area contributed by atoms with Crippen molar-refractivity contribution in [2.75, 3.05) is 0 Å². The molecule has 0 radical (unpaired) electrons. The van der Waals surface area contributed by atoms with Gasteiger partial charge in [-0.1, -0.05) is 57.3 Å². The molecule has 1 saturated heterocycles. The largest absolute Gasteiger partial charge is 0.486 e. The second-order valence-corrected chi connectivity index (χ2v) is 10.2. The molecule has 0 bridgehead atoms. The van der Waals surface area contributed by atoms with Crippen LogP contribution < -0.4 is 10.1 Å². The molecule has 4 rings (SSSR count). The van der Waals surface area contributed by atoms with E-state index >= 15 is 0 Å². The summed E-state index contributed by atoms with van der Waals surface area (Å²) in [4.78, 5) is 17.5. The van der Waals surface area contributed by atoms with Crippen molar-refractivity contribution in [2.45, 2.75) is 20.5 Å². The molecular weight excluding hydrogens is 562 g/mol. The summed E-state index contributed by atoms with van der Waals surface area (Å²) in [5.74, 6) is -0.381. The third kappa shape index (κ3) is 5.66. The van der Waals surface area contributed by atoms with Crippen LogP contribution in [0.5, 0.6) is 5.75 Å². The Balaban J connectivity index is 1.52. The second kappa shape index (κ2) is 10.5. The van der Waals surface area contributed by atoms with Gasteiger partial charge in [-0.05, 0) is 78.7 Å². The van der Waals surface area contributed by atoms with Crippen LogP contribution in [-0.4, -0.2) is 11.1 Å². The van der Waals surface area contributed by atoms with Gasteiger partial charge in [0.15, 0.2) is 10.9 Å². The number of thioether (sulfide) groups is 1. The molecule has 0 saturated carbocycles. The van der Waals surface area contributed by atoms with Crippen LogP contribution in [0.3, 0.4) is 0 Å². The Morgan fingerprint density at radius 1 is 1.12 bits per heavy atom. The lowest BCUT2D eigenvalue weighted by atomic mass is 10.1. The predicted octanol–water partition coefficient (Wildman–Crippen LogP) is 7.98. The number of amides is 1. The lowest BCUT2D eigenvalue weighted by molar-refractivity contribution is -0.115. The molecule has 1 aliphatic rings. The van der Waals surface area contributed by atoms with E-state index in [4.69, 9.17) is 27.9 Å². The van der Waals surface area contributed by atoms with Gasteiger partial charge in [0, 0.05) is 10.0 Å². The molecule has 4 nitrogen and oxygen atoms in total. The normalized spacial score (nSPS) is 15.8. The number of hydrogen-bond donors (Lipinski definition) is 1. The number of amidine groups is 1. The average molecular weight is 580 g/mol. The number of aryl methyl sites for hydroxylation is 2. The number of benzene rings is 3. The zero-order chi connectivity index (χ0) is 24.4. The van der Waals surface area contributed by atoms with Crippen LogP contribution in [0.2, 0.25) is 10.0 Å². The Kier molecular flexibility index (Phi) is 7.67. The van der Waals surface area contributed by atoms with Crippen molar-refractivity contribution < 1.29 is 13.9 Å². The summed E-state index contributed by atoms with van der Waals surface area (Å²) in [6, 6.07) is 13.5. The molecule has 1 fully saturated rings. The van der Waals surface area contributed by atoms with E-state index in [-0.39, 0.29) is 34.1 Å². The molecule has 0 aromatic heterocycles. The molecule has 0 aliphatic carbocycles. The van der Waals surface area contributed by atoms with Gasteiger partial charge in [-0.15, -0.1) is 0 Å². The summed E-state index contributed by atoms with van der Waals surface area (Å²) in [7, 11) is 0. The maximum Gasteiger partial charge on any atom is 0.264 e. The molecular formula is C25H18BrCl2FN2O2S. The molecule has 9 heteroatoms. The van der Waals surface area contributed by atoms with Crippen LogP contribution in [-0.2, 0) is 11.4 Å². The van der Waals surface area contributed by atoms with Crippen molar-refractivity contribution in [2.24, 2.45) is 4.99 Å². The van der Waals surface area contributed by atoms with Crippen molar-refractivity contribution in [3.63, 3.8) is 0 Å². The van der Waals surface area contributed by atoms with Gasteiger partial charge in [-0.3, -0.25) is 4.79 Å². The molecule has 0 atom stereocenters. The highest BCUT2D eigenvalue weighted by atomic mass is 79.9. The van der Waals surface area contributed by atoms with Crippen molar-refractivity contribution >= 4 is 73.7 Å². The quantitative estimate of drug-likeness (QED) is 0.312. The highest BCUT2D eigenvalue weighted by molar-refractivity contribution is 9.10. The number of carbonyl (C=O) groups is 1. The highest BCUT2D eigenvalue weighted by Gasteiger charge is 2.24. The zero-order valence-electron chi connectivity index (χ0n) is 18.1. The summed E-state index contributed by atoms with van der Waals surface area (Å²) < 4.78 is 20.5. The van der Waals surface area contributed by atoms with Crippen LogP contribution in [0.4, 0.5) is 10.1 Å². The van der Waals surface area contributed by atoms with Gasteiger partial charge in [0.2, 0.25) is 0 Å². The molecule has 0 unspecified atom stereocenters. The van der Waals surface area contributed by atoms with Gasteiger partial charge in [0.25, 0.3) is 5.91 Å². The SMILES string of the molecule is Cc1cc(N=C2NC(=O)/C(=C/c3cc(Cl)c(OCc4ccccc4F)c(Cl)c3)S2)cc(C)c1Br. The molecule has 174 valence electrons. The molecule has 1 N–H and O–H groups in total. The summed E-state index contributed by atoms with van der Waals surface area (Å²) in [5, 5.41) is 3.78. The Morgan fingerprint density at radius 2 is 1.76 bits per heavy atom. The predicted molar refractivity (Wildman–Crippen MR) is 142 cm³/mol. The van der Waals surface area contributed by atoms with E-state index in [1.54, 1.807) is 36.4 Å². The van der Waals surface area contributed by atoms with E-state index in [2.05, 4.69) is 26.2 Å². The Bertz CT molecular complexity index is 1310. The fourth-order valence-electron chi connectivity index (χ4n) is 3.30. The minimum atomic E-state index is -0.369. The molecule has 0 spiro atoms. The minimum absolute atomic E-state index is 0.0142. The van der Waals surface area contributed by atoms with Gasteiger partial charge in [0.1, 0.15) is 12.4 Å². The number of carbonyl (C=O) groups excluding carboxylic acids is 1. The number of aliphatic imine (C=N–C) groups is 1. The Morgan fingerprint density at radius 3 is 2.41 bits per heavy atom. The zero-order valence-corrected chi connectivity index (χ0v) is 22.0. The number of nitrogens with zero attached hydrogens (tertiary/aromatic N) is 1. The van der Waals surface area contributed by atoms with Crippen LogP contribution in [0, 0.1) is 19.7 Å². The first-order chi connectivity index (χ1) is 16.2. The average Bonchev–Trinajstić information content (AvgIpc) is 3.11. The van der Waals surface area contributed by atoms with E-state index in [0.717, 1.165) is 21.3 Å². The van der Waals surface area contributed by atoms with Gasteiger partial charge in [-0.25, -0.2) is 9.38 Å². The van der Waals surface area contributed by atoms with Crippen LogP contribution in [0.25, 0.3) is 6.08 Å². The third-order valence-electron chi connectivity index (χ3n) is 4.95. The summed E-state index contributed by atoms with van der Waals surface area (Å²) in [6.45, 7) is 3.97. The van der Waals surface area contributed by atoms with E-state index in [9.17, 15) is 9.18 Å². The topological polar surface area (TPSA) is 50.7 Å². The molecule has 1 aliphatic heterocycles. The van der Waals surface area contributed by atoms with Gasteiger partial charge in [0.05, 0.1) is 20.6 Å². The lowest BCUT2D eigenvalue weighted by Gasteiger charge is -2.11. The standard InChI is InChI=1S/C25H18BrCl2FN2O2S/c1-13-7-17(8-14(2)22(13)26)30-25-31-24(32)21(34-25)11-15-9-18(27)23(19(28)10-15)33-12-16-5-3-4-6-20(16)29/h3-11H,12H2,1-2H3,(H,30,31,32)/b21-11-. The molecule has 1 amide bonds. The second-order valence-electron chi connectivity index (χ2n) is 7.57. The first-order valence-corrected chi connectivity index (χ1v) is 12.5. The van der Waals surface area contributed by atoms with Crippen LogP contribution in [0.15, 0.2) is 62.9 Å². The fraction of sp³-hybridized carbons (Fsp3) is 0.120. The van der Waals surface area contributed by atoms with Gasteiger partial charge < -0.3 is 10.1 Å². The fourth-order valence-corrected chi connectivity index (χ4v) is 4.99. The summed E-state index contributed by atoms with van der Waals surface area (Å²) >= 11 is 17.5. The first kappa shape index (κ1) is 24.8. The maximum absolute atomic E-state index is 13.8. The van der Waals surface area contributed by atoms with Crippen molar-refractivity contribution in [1.82, 2.24) is 5.32 Å². The van der Waals surface area contributed by atoms with Gasteiger partial charge in [-0.2, -0.15) is 0 Å².